The van der Waals surface area contributed by atoms with Crippen LogP contribution in [0.25, 0.3) is 0 Å². The summed E-state index contributed by atoms with van der Waals surface area (Å²) in [7, 11) is 0. The Hall–Kier alpha value is -1.91. The van der Waals surface area contributed by atoms with Gasteiger partial charge in [-0.05, 0) is 38.2 Å². The largest absolute Gasteiger partial charge is 0.339 e. The number of carbonyl (C=O) groups is 1. The minimum absolute atomic E-state index is 0.0130. The Morgan fingerprint density at radius 2 is 2.10 bits per heavy atom. The Bertz CT molecular complexity index is 528. The molecule has 5 nitrogen and oxygen atoms in total. The maximum atomic E-state index is 12.4. The van der Waals surface area contributed by atoms with E-state index < -0.39 is 4.92 Å². The minimum Gasteiger partial charge on any atom is -0.339 e. The summed E-state index contributed by atoms with van der Waals surface area (Å²) in [6.07, 6.45) is 3.14. The average Bonchev–Trinajstić information content (AvgIpc) is 2.63. The lowest BCUT2D eigenvalue weighted by atomic mass is 10.0. The molecule has 5 heteroatoms. The normalized spacial score (nSPS) is 19.5. The quantitative estimate of drug-likeness (QED) is 0.615. The molecule has 1 aliphatic rings. The van der Waals surface area contributed by atoms with E-state index in [2.05, 4.69) is 6.92 Å². The molecule has 0 spiro atoms. The number of hydrogen-bond donors (Lipinski definition) is 0. The van der Waals surface area contributed by atoms with Crippen LogP contribution in [0.4, 0.5) is 5.69 Å². The Kier molecular flexibility index (Phi) is 4.37. The molecule has 0 radical (unpaired) electrons. The highest BCUT2D eigenvalue weighted by Gasteiger charge is 2.22. The lowest BCUT2D eigenvalue weighted by Gasteiger charge is -2.20. The van der Waals surface area contributed by atoms with E-state index in [1.807, 2.05) is 4.90 Å². The van der Waals surface area contributed by atoms with Crippen LogP contribution in [0, 0.1) is 23.0 Å². The smallest absolute Gasteiger partial charge is 0.273 e. The van der Waals surface area contributed by atoms with E-state index in [1.165, 1.54) is 6.07 Å². The van der Waals surface area contributed by atoms with Gasteiger partial charge in [0.25, 0.3) is 11.6 Å². The van der Waals surface area contributed by atoms with Crippen molar-refractivity contribution >= 4 is 11.6 Å². The number of likely N-dealkylation sites (tertiary alicyclic amines) is 1. The average molecular weight is 276 g/mol. The summed E-state index contributed by atoms with van der Waals surface area (Å²) in [6, 6.07) is 4.72. The van der Waals surface area contributed by atoms with Crippen LogP contribution in [0.3, 0.4) is 0 Å². The molecule has 1 atom stereocenters. The van der Waals surface area contributed by atoms with Crippen LogP contribution in [-0.4, -0.2) is 28.8 Å². The number of carbonyl (C=O) groups excluding carboxylic acids is 1. The number of nitro groups is 1. The second kappa shape index (κ2) is 6.03. The Morgan fingerprint density at radius 1 is 1.35 bits per heavy atom. The van der Waals surface area contributed by atoms with Gasteiger partial charge in [0.1, 0.15) is 0 Å². The van der Waals surface area contributed by atoms with E-state index in [0.717, 1.165) is 32.4 Å². The summed E-state index contributed by atoms with van der Waals surface area (Å²) in [6.45, 7) is 5.36. The number of amides is 1. The van der Waals surface area contributed by atoms with Gasteiger partial charge in [-0.3, -0.25) is 14.9 Å². The summed E-state index contributed by atoms with van der Waals surface area (Å²) >= 11 is 0. The third-order valence-electron chi connectivity index (χ3n) is 3.96. The zero-order valence-corrected chi connectivity index (χ0v) is 12.0. The van der Waals surface area contributed by atoms with Gasteiger partial charge >= 0.3 is 0 Å². The van der Waals surface area contributed by atoms with Crippen molar-refractivity contribution in [1.82, 2.24) is 4.90 Å². The lowest BCUT2D eigenvalue weighted by molar-refractivity contribution is -0.385. The summed E-state index contributed by atoms with van der Waals surface area (Å²) in [5.74, 6) is 0.544. The van der Waals surface area contributed by atoms with Gasteiger partial charge in [0, 0.05) is 30.3 Å². The van der Waals surface area contributed by atoms with Crippen molar-refractivity contribution in [3.05, 3.63) is 39.4 Å². The van der Waals surface area contributed by atoms with E-state index in [1.54, 1.807) is 19.1 Å². The van der Waals surface area contributed by atoms with Gasteiger partial charge in [-0.2, -0.15) is 0 Å². The molecule has 0 aliphatic carbocycles. The molecule has 108 valence electrons. The first kappa shape index (κ1) is 14.5. The van der Waals surface area contributed by atoms with Crippen LogP contribution in [-0.2, 0) is 0 Å². The molecule has 0 N–H and O–H groups in total. The fourth-order valence-corrected chi connectivity index (χ4v) is 2.59. The Labute approximate surface area is 118 Å². The third-order valence-corrected chi connectivity index (χ3v) is 3.96. The van der Waals surface area contributed by atoms with Crippen molar-refractivity contribution in [3.8, 4) is 0 Å². The van der Waals surface area contributed by atoms with Crippen molar-refractivity contribution in [1.29, 1.82) is 0 Å². The highest BCUT2D eigenvalue weighted by atomic mass is 16.6. The molecule has 1 unspecified atom stereocenters. The van der Waals surface area contributed by atoms with Gasteiger partial charge in [0.15, 0.2) is 0 Å². The molecule has 20 heavy (non-hydrogen) atoms. The number of nitrogens with zero attached hydrogens (tertiary/aromatic N) is 2. The number of rotatable bonds is 2. The molecular weight excluding hydrogens is 256 g/mol. The van der Waals surface area contributed by atoms with Crippen LogP contribution in [0.2, 0.25) is 0 Å². The monoisotopic (exact) mass is 276 g/mol. The molecule has 1 fully saturated rings. The number of aryl methyl sites for hydroxylation is 1. The predicted molar refractivity (Wildman–Crippen MR) is 76.8 cm³/mol. The standard InChI is InChI=1S/C15H20N2O3/c1-11-4-3-8-16(9-7-11)15(18)13-6-5-12(2)14(10-13)17(19)20/h5-6,10-11H,3-4,7-9H2,1-2H3. The highest BCUT2D eigenvalue weighted by molar-refractivity contribution is 5.95. The van der Waals surface area contributed by atoms with Crippen LogP contribution in [0.5, 0.6) is 0 Å². The molecule has 0 aromatic heterocycles. The first-order valence-corrected chi connectivity index (χ1v) is 7.03. The van der Waals surface area contributed by atoms with Crippen LogP contribution in [0.1, 0.15) is 42.1 Å². The van der Waals surface area contributed by atoms with Gasteiger partial charge in [0.2, 0.25) is 0 Å². The second-order valence-electron chi connectivity index (χ2n) is 5.59. The van der Waals surface area contributed by atoms with Crippen LogP contribution >= 0.6 is 0 Å². The molecule has 1 aromatic carbocycles. The Morgan fingerprint density at radius 3 is 2.80 bits per heavy atom. The predicted octanol–water partition coefficient (Wildman–Crippen LogP) is 3.17. The van der Waals surface area contributed by atoms with Crippen molar-refractivity contribution < 1.29 is 9.72 Å². The van der Waals surface area contributed by atoms with Gasteiger partial charge < -0.3 is 4.90 Å². The molecule has 1 aliphatic heterocycles. The Balaban J connectivity index is 2.20. The minimum atomic E-state index is -0.434. The number of benzene rings is 1. The molecular formula is C15H20N2O3. The van der Waals surface area contributed by atoms with E-state index in [0.29, 0.717) is 17.0 Å². The third kappa shape index (κ3) is 3.15. The van der Waals surface area contributed by atoms with Gasteiger partial charge in [-0.1, -0.05) is 13.0 Å². The van der Waals surface area contributed by atoms with E-state index in [9.17, 15) is 14.9 Å². The summed E-state index contributed by atoms with van der Waals surface area (Å²) < 4.78 is 0. The summed E-state index contributed by atoms with van der Waals surface area (Å²) in [5, 5.41) is 11.0. The molecule has 1 heterocycles. The van der Waals surface area contributed by atoms with Gasteiger partial charge in [-0.25, -0.2) is 0 Å². The van der Waals surface area contributed by atoms with Crippen molar-refractivity contribution in [2.45, 2.75) is 33.1 Å². The number of hydrogen-bond acceptors (Lipinski definition) is 3. The molecule has 2 rings (SSSR count). The molecule has 1 saturated heterocycles. The maximum Gasteiger partial charge on any atom is 0.273 e. The summed E-state index contributed by atoms with van der Waals surface area (Å²) in [4.78, 5) is 24.8. The SMILES string of the molecule is Cc1ccc(C(=O)N2CCCC(C)CC2)cc1[N+](=O)[O-]. The zero-order valence-electron chi connectivity index (χ0n) is 12.0. The fourth-order valence-electron chi connectivity index (χ4n) is 2.59. The molecule has 0 bridgehead atoms. The van der Waals surface area contributed by atoms with Gasteiger partial charge in [0.05, 0.1) is 4.92 Å². The topological polar surface area (TPSA) is 63.5 Å². The van der Waals surface area contributed by atoms with Gasteiger partial charge in [-0.15, -0.1) is 0 Å². The first-order valence-electron chi connectivity index (χ1n) is 7.03. The number of nitro benzene ring substituents is 1. The van der Waals surface area contributed by atoms with Crippen molar-refractivity contribution in [2.24, 2.45) is 5.92 Å². The molecule has 1 amide bonds. The van der Waals surface area contributed by atoms with Crippen LogP contribution in [0.15, 0.2) is 18.2 Å². The van der Waals surface area contributed by atoms with E-state index in [-0.39, 0.29) is 11.6 Å². The zero-order chi connectivity index (χ0) is 14.7. The second-order valence-corrected chi connectivity index (χ2v) is 5.59. The van der Waals surface area contributed by atoms with E-state index in [4.69, 9.17) is 0 Å². The van der Waals surface area contributed by atoms with E-state index >= 15 is 0 Å². The first-order chi connectivity index (χ1) is 9.49. The van der Waals surface area contributed by atoms with Crippen molar-refractivity contribution in [3.63, 3.8) is 0 Å². The summed E-state index contributed by atoms with van der Waals surface area (Å²) in [5.41, 5.74) is 1.01. The fraction of sp³-hybridized carbons (Fsp3) is 0.533. The molecule has 0 saturated carbocycles. The molecule has 1 aromatic rings. The van der Waals surface area contributed by atoms with Crippen molar-refractivity contribution in [2.75, 3.05) is 13.1 Å². The maximum absolute atomic E-state index is 12.4. The lowest BCUT2D eigenvalue weighted by Crippen LogP contribution is -2.32. The van der Waals surface area contributed by atoms with Crippen LogP contribution < -0.4 is 0 Å². The highest BCUT2D eigenvalue weighted by Crippen LogP contribution is 2.22.